The Morgan fingerprint density at radius 1 is 1.00 bits per heavy atom. The third-order valence-corrected chi connectivity index (χ3v) is 3.35. The van der Waals surface area contributed by atoms with E-state index in [2.05, 4.69) is 65.8 Å². The summed E-state index contributed by atoms with van der Waals surface area (Å²) < 4.78 is 0. The van der Waals surface area contributed by atoms with E-state index in [9.17, 15) is 0 Å². The molecule has 2 aromatic carbocycles. The van der Waals surface area contributed by atoms with Gasteiger partial charge in [0, 0.05) is 23.8 Å². The van der Waals surface area contributed by atoms with Gasteiger partial charge in [0.15, 0.2) is 0 Å². The molecule has 2 heteroatoms. The number of fused-ring (bicyclic) bond motifs is 1. The van der Waals surface area contributed by atoms with Gasteiger partial charge in [-0.3, -0.25) is 4.98 Å². The highest BCUT2D eigenvalue weighted by Gasteiger charge is 1.99. The van der Waals surface area contributed by atoms with E-state index in [1.165, 1.54) is 11.1 Å². The van der Waals surface area contributed by atoms with Crippen LogP contribution in [-0.4, -0.2) is 4.98 Å². The molecule has 1 heterocycles. The van der Waals surface area contributed by atoms with Gasteiger partial charge >= 0.3 is 0 Å². The van der Waals surface area contributed by atoms with Gasteiger partial charge in [0.1, 0.15) is 0 Å². The summed E-state index contributed by atoms with van der Waals surface area (Å²) in [4.78, 5) is 4.33. The Hall–Kier alpha value is -2.35. The minimum Gasteiger partial charge on any atom is -0.381 e. The molecule has 0 radical (unpaired) electrons. The Morgan fingerprint density at radius 3 is 2.79 bits per heavy atom. The first-order valence-electron chi connectivity index (χ1n) is 6.46. The molecule has 0 saturated carbocycles. The summed E-state index contributed by atoms with van der Waals surface area (Å²) in [6, 6.07) is 18.8. The fourth-order valence-electron chi connectivity index (χ4n) is 2.19. The molecule has 3 aromatic rings. The predicted molar refractivity (Wildman–Crippen MR) is 80.2 cm³/mol. The molecular formula is C17H16N2. The van der Waals surface area contributed by atoms with Gasteiger partial charge in [-0.2, -0.15) is 0 Å². The zero-order valence-corrected chi connectivity index (χ0v) is 10.9. The van der Waals surface area contributed by atoms with Gasteiger partial charge < -0.3 is 5.32 Å². The number of hydrogen-bond acceptors (Lipinski definition) is 2. The Kier molecular flexibility index (Phi) is 3.15. The maximum absolute atomic E-state index is 4.33. The fraction of sp³-hybridized carbons (Fsp3) is 0.118. The Morgan fingerprint density at radius 2 is 1.89 bits per heavy atom. The van der Waals surface area contributed by atoms with Crippen molar-refractivity contribution < 1.29 is 0 Å². The lowest BCUT2D eigenvalue weighted by atomic mass is 10.1. The molecule has 0 unspecified atom stereocenters. The number of pyridine rings is 1. The second kappa shape index (κ2) is 5.11. The monoisotopic (exact) mass is 248 g/mol. The van der Waals surface area contributed by atoms with Crippen LogP contribution in [0.25, 0.3) is 10.9 Å². The van der Waals surface area contributed by atoms with E-state index in [0.29, 0.717) is 0 Å². The van der Waals surface area contributed by atoms with Crippen LogP contribution in [0.1, 0.15) is 11.1 Å². The van der Waals surface area contributed by atoms with Gasteiger partial charge in [-0.25, -0.2) is 0 Å². The highest BCUT2D eigenvalue weighted by Crippen LogP contribution is 2.18. The zero-order valence-electron chi connectivity index (χ0n) is 10.9. The standard InChI is InChI=1S/C17H16N2/c1-13-5-2-3-6-15(13)12-19-16-8-9-17-14(11-16)7-4-10-18-17/h2-11,19H,12H2,1H3. The molecular weight excluding hydrogens is 232 g/mol. The summed E-state index contributed by atoms with van der Waals surface area (Å²) in [5, 5.41) is 4.63. The molecule has 0 fully saturated rings. The van der Waals surface area contributed by atoms with E-state index in [1.807, 2.05) is 12.3 Å². The zero-order chi connectivity index (χ0) is 13.1. The van der Waals surface area contributed by atoms with Crippen molar-refractivity contribution in [1.82, 2.24) is 4.98 Å². The number of benzene rings is 2. The van der Waals surface area contributed by atoms with Crippen molar-refractivity contribution in [2.24, 2.45) is 0 Å². The smallest absolute Gasteiger partial charge is 0.0703 e. The lowest BCUT2D eigenvalue weighted by Gasteiger charge is -2.09. The van der Waals surface area contributed by atoms with Gasteiger partial charge in [0.2, 0.25) is 0 Å². The Balaban J connectivity index is 1.80. The molecule has 1 aromatic heterocycles. The van der Waals surface area contributed by atoms with Crippen LogP contribution >= 0.6 is 0 Å². The van der Waals surface area contributed by atoms with E-state index >= 15 is 0 Å². The first-order chi connectivity index (χ1) is 9.33. The summed E-state index contributed by atoms with van der Waals surface area (Å²) >= 11 is 0. The molecule has 19 heavy (non-hydrogen) atoms. The van der Waals surface area contributed by atoms with E-state index in [-0.39, 0.29) is 0 Å². The first kappa shape index (κ1) is 11.7. The second-order valence-corrected chi connectivity index (χ2v) is 4.69. The van der Waals surface area contributed by atoms with Gasteiger partial charge in [-0.15, -0.1) is 0 Å². The van der Waals surface area contributed by atoms with Gasteiger partial charge in [-0.05, 0) is 42.3 Å². The lowest BCUT2D eigenvalue weighted by Crippen LogP contribution is -2.00. The van der Waals surface area contributed by atoms with Crippen molar-refractivity contribution in [3.63, 3.8) is 0 Å². The van der Waals surface area contributed by atoms with Crippen LogP contribution in [0.4, 0.5) is 5.69 Å². The molecule has 0 bridgehead atoms. The number of nitrogens with zero attached hydrogens (tertiary/aromatic N) is 1. The molecule has 0 spiro atoms. The van der Waals surface area contributed by atoms with Crippen molar-refractivity contribution >= 4 is 16.6 Å². The first-order valence-corrected chi connectivity index (χ1v) is 6.46. The Labute approximate surface area is 113 Å². The van der Waals surface area contributed by atoms with Crippen LogP contribution < -0.4 is 5.32 Å². The van der Waals surface area contributed by atoms with Crippen molar-refractivity contribution in [3.8, 4) is 0 Å². The SMILES string of the molecule is Cc1ccccc1CNc1ccc2ncccc2c1. The fourth-order valence-corrected chi connectivity index (χ4v) is 2.19. The van der Waals surface area contributed by atoms with Gasteiger partial charge in [-0.1, -0.05) is 30.3 Å². The minimum absolute atomic E-state index is 0.846. The summed E-state index contributed by atoms with van der Waals surface area (Å²) in [6.45, 7) is 2.99. The molecule has 2 nitrogen and oxygen atoms in total. The normalized spacial score (nSPS) is 10.6. The number of aromatic nitrogens is 1. The Bertz CT molecular complexity index is 704. The molecule has 0 aliphatic rings. The van der Waals surface area contributed by atoms with E-state index < -0.39 is 0 Å². The van der Waals surface area contributed by atoms with Gasteiger partial charge in [0.25, 0.3) is 0 Å². The third kappa shape index (κ3) is 2.58. The number of rotatable bonds is 3. The van der Waals surface area contributed by atoms with Gasteiger partial charge in [0.05, 0.1) is 5.52 Å². The molecule has 0 amide bonds. The average molecular weight is 248 g/mol. The lowest BCUT2D eigenvalue weighted by molar-refractivity contribution is 1.12. The summed E-state index contributed by atoms with van der Waals surface area (Å²) in [6.07, 6.45) is 1.82. The van der Waals surface area contributed by atoms with Crippen LogP contribution in [0.5, 0.6) is 0 Å². The largest absolute Gasteiger partial charge is 0.381 e. The molecule has 94 valence electrons. The molecule has 1 N–H and O–H groups in total. The second-order valence-electron chi connectivity index (χ2n) is 4.69. The minimum atomic E-state index is 0.846. The van der Waals surface area contributed by atoms with Crippen LogP contribution in [0.3, 0.4) is 0 Å². The number of nitrogens with one attached hydrogen (secondary N) is 1. The molecule has 0 aliphatic heterocycles. The molecule has 0 aliphatic carbocycles. The third-order valence-electron chi connectivity index (χ3n) is 3.35. The number of aryl methyl sites for hydroxylation is 1. The number of anilines is 1. The molecule has 0 atom stereocenters. The van der Waals surface area contributed by atoms with Crippen molar-refractivity contribution in [3.05, 3.63) is 71.9 Å². The maximum atomic E-state index is 4.33. The maximum Gasteiger partial charge on any atom is 0.0703 e. The highest BCUT2D eigenvalue weighted by atomic mass is 14.9. The average Bonchev–Trinajstić information content (AvgIpc) is 2.46. The summed E-state index contributed by atoms with van der Waals surface area (Å²) in [7, 11) is 0. The van der Waals surface area contributed by atoms with Crippen molar-refractivity contribution in [1.29, 1.82) is 0 Å². The summed E-state index contributed by atoms with van der Waals surface area (Å²) in [5.74, 6) is 0. The van der Waals surface area contributed by atoms with Crippen LogP contribution in [0.2, 0.25) is 0 Å². The predicted octanol–water partition coefficient (Wildman–Crippen LogP) is 4.16. The van der Waals surface area contributed by atoms with Crippen LogP contribution in [-0.2, 0) is 6.54 Å². The molecule has 0 saturated heterocycles. The van der Waals surface area contributed by atoms with Crippen LogP contribution in [0.15, 0.2) is 60.8 Å². The van der Waals surface area contributed by atoms with Crippen LogP contribution in [0, 0.1) is 6.92 Å². The topological polar surface area (TPSA) is 24.9 Å². The number of hydrogen-bond donors (Lipinski definition) is 1. The van der Waals surface area contributed by atoms with Crippen molar-refractivity contribution in [2.45, 2.75) is 13.5 Å². The van der Waals surface area contributed by atoms with Crippen molar-refractivity contribution in [2.75, 3.05) is 5.32 Å². The molecule has 3 rings (SSSR count). The van der Waals surface area contributed by atoms with E-state index in [1.54, 1.807) is 0 Å². The quantitative estimate of drug-likeness (QED) is 0.753. The van der Waals surface area contributed by atoms with E-state index in [4.69, 9.17) is 0 Å². The summed E-state index contributed by atoms with van der Waals surface area (Å²) in [5.41, 5.74) is 4.80. The highest BCUT2D eigenvalue weighted by molar-refractivity contribution is 5.82. The van der Waals surface area contributed by atoms with E-state index in [0.717, 1.165) is 23.1 Å².